The summed E-state index contributed by atoms with van der Waals surface area (Å²) in [5.41, 5.74) is 0. The maximum atomic E-state index is 5.33. The molecule has 0 radical (unpaired) electrons. The lowest BCUT2D eigenvalue weighted by Crippen LogP contribution is -2.39. The highest BCUT2D eigenvalue weighted by Crippen LogP contribution is 2.10. The van der Waals surface area contributed by atoms with Gasteiger partial charge in [-0.25, -0.2) is 0 Å². The smallest absolute Gasteiger partial charge is 0.158 e. The van der Waals surface area contributed by atoms with Gasteiger partial charge in [-0.1, -0.05) is 13.3 Å². The minimum atomic E-state index is 0.993. The molecule has 2 nitrogen and oxygen atoms in total. The van der Waals surface area contributed by atoms with Crippen LogP contribution in [0, 0.1) is 0 Å². The van der Waals surface area contributed by atoms with Crippen molar-refractivity contribution in [3.63, 3.8) is 0 Å². The van der Waals surface area contributed by atoms with Crippen LogP contribution >= 0.6 is 0 Å². The number of furan rings is 1. The fourth-order valence-corrected chi connectivity index (χ4v) is 1.49. The van der Waals surface area contributed by atoms with E-state index < -0.39 is 0 Å². The molecular weight excluding hydrogens is 162 g/mol. The largest absolute Gasteiger partial charge is 0.463 e. The topological polar surface area (TPSA) is 13.1 Å². The summed E-state index contributed by atoms with van der Waals surface area (Å²) in [5, 5.41) is 0. The Morgan fingerprint density at radius 3 is 2.69 bits per heavy atom. The highest BCUT2D eigenvalue weighted by atomic mass is 16.3. The van der Waals surface area contributed by atoms with Gasteiger partial charge in [0.1, 0.15) is 6.54 Å². The standard InChI is InChI=1S/C11H20NO/c1-4-5-8-12(2,3)10-11-7-6-9-13-11/h6-7,9H,4-5,8,10H2,1-3H3/q+1. The molecule has 0 saturated heterocycles. The van der Waals surface area contributed by atoms with Crippen LogP contribution in [0.1, 0.15) is 25.5 Å². The van der Waals surface area contributed by atoms with E-state index in [4.69, 9.17) is 4.42 Å². The van der Waals surface area contributed by atoms with Gasteiger partial charge in [0, 0.05) is 0 Å². The third kappa shape index (κ3) is 3.64. The van der Waals surface area contributed by atoms with Crippen LogP contribution in [-0.2, 0) is 6.54 Å². The Morgan fingerprint density at radius 1 is 1.38 bits per heavy atom. The Bertz CT molecular complexity index is 226. The minimum absolute atomic E-state index is 0.993. The average Bonchev–Trinajstić information content (AvgIpc) is 2.52. The molecule has 13 heavy (non-hydrogen) atoms. The van der Waals surface area contributed by atoms with Gasteiger partial charge >= 0.3 is 0 Å². The molecule has 0 atom stereocenters. The highest BCUT2D eigenvalue weighted by Gasteiger charge is 2.16. The van der Waals surface area contributed by atoms with Crippen molar-refractivity contribution in [1.82, 2.24) is 0 Å². The number of hydrogen-bond acceptors (Lipinski definition) is 1. The Hall–Kier alpha value is -0.760. The summed E-state index contributed by atoms with van der Waals surface area (Å²) in [6, 6.07) is 4.00. The second kappa shape index (κ2) is 4.47. The third-order valence-electron chi connectivity index (χ3n) is 2.28. The SMILES string of the molecule is CCCC[N+](C)(C)Cc1ccco1. The Labute approximate surface area is 80.8 Å². The molecule has 0 spiro atoms. The fraction of sp³-hybridized carbons (Fsp3) is 0.636. The zero-order valence-electron chi connectivity index (χ0n) is 8.92. The van der Waals surface area contributed by atoms with Crippen molar-refractivity contribution in [2.24, 2.45) is 0 Å². The molecule has 0 aliphatic heterocycles. The summed E-state index contributed by atoms with van der Waals surface area (Å²) in [5.74, 6) is 1.08. The monoisotopic (exact) mass is 182 g/mol. The van der Waals surface area contributed by atoms with Crippen molar-refractivity contribution >= 4 is 0 Å². The van der Waals surface area contributed by atoms with Gasteiger partial charge in [0.05, 0.1) is 26.9 Å². The van der Waals surface area contributed by atoms with Crippen LogP contribution in [0.2, 0.25) is 0 Å². The molecule has 2 heteroatoms. The minimum Gasteiger partial charge on any atom is -0.463 e. The molecular formula is C11H20NO+. The summed E-state index contributed by atoms with van der Waals surface area (Å²) < 4.78 is 6.35. The summed E-state index contributed by atoms with van der Waals surface area (Å²) >= 11 is 0. The zero-order chi connectivity index (χ0) is 9.73. The quantitative estimate of drug-likeness (QED) is 0.638. The Balaban J connectivity index is 2.42. The van der Waals surface area contributed by atoms with E-state index in [-0.39, 0.29) is 0 Å². The maximum Gasteiger partial charge on any atom is 0.158 e. The van der Waals surface area contributed by atoms with Gasteiger partial charge in [-0.3, -0.25) is 0 Å². The van der Waals surface area contributed by atoms with E-state index in [1.54, 1.807) is 6.26 Å². The third-order valence-corrected chi connectivity index (χ3v) is 2.28. The van der Waals surface area contributed by atoms with Crippen LogP contribution in [0.5, 0.6) is 0 Å². The lowest BCUT2D eigenvalue weighted by Gasteiger charge is -2.28. The first-order valence-electron chi connectivity index (χ1n) is 4.98. The van der Waals surface area contributed by atoms with Gasteiger partial charge < -0.3 is 8.90 Å². The number of nitrogens with zero attached hydrogens (tertiary/aromatic N) is 1. The predicted octanol–water partition coefficient (Wildman–Crippen LogP) is 2.66. The van der Waals surface area contributed by atoms with Crippen LogP contribution < -0.4 is 0 Å². The Morgan fingerprint density at radius 2 is 2.15 bits per heavy atom. The van der Waals surface area contributed by atoms with Crippen LogP contribution in [-0.4, -0.2) is 25.1 Å². The molecule has 1 aromatic rings. The van der Waals surface area contributed by atoms with Crippen molar-refractivity contribution in [1.29, 1.82) is 0 Å². The molecule has 1 heterocycles. The zero-order valence-corrected chi connectivity index (χ0v) is 8.92. The normalized spacial score (nSPS) is 11.9. The average molecular weight is 182 g/mol. The summed E-state index contributed by atoms with van der Waals surface area (Å²) in [6.07, 6.45) is 4.29. The first kappa shape index (κ1) is 10.3. The van der Waals surface area contributed by atoms with Crippen molar-refractivity contribution in [3.8, 4) is 0 Å². The van der Waals surface area contributed by atoms with Crippen molar-refractivity contribution in [3.05, 3.63) is 24.2 Å². The molecule has 0 unspecified atom stereocenters. The molecule has 74 valence electrons. The van der Waals surface area contributed by atoms with E-state index in [0.717, 1.165) is 16.8 Å². The fourth-order valence-electron chi connectivity index (χ4n) is 1.49. The number of hydrogen-bond donors (Lipinski definition) is 0. The van der Waals surface area contributed by atoms with E-state index in [0.29, 0.717) is 0 Å². The summed E-state index contributed by atoms with van der Waals surface area (Å²) in [6.45, 7) is 4.44. The van der Waals surface area contributed by atoms with E-state index in [2.05, 4.69) is 21.0 Å². The van der Waals surface area contributed by atoms with Gasteiger partial charge in [-0.15, -0.1) is 0 Å². The molecule has 0 aliphatic rings. The maximum absolute atomic E-state index is 5.33. The first-order chi connectivity index (χ1) is 6.14. The Kier molecular flexibility index (Phi) is 3.55. The van der Waals surface area contributed by atoms with Gasteiger partial charge in [0.15, 0.2) is 5.76 Å². The second-order valence-electron chi connectivity index (χ2n) is 4.25. The first-order valence-corrected chi connectivity index (χ1v) is 4.98. The molecule has 0 aliphatic carbocycles. The molecule has 0 bridgehead atoms. The van der Waals surface area contributed by atoms with E-state index in [1.165, 1.54) is 19.4 Å². The van der Waals surface area contributed by atoms with Crippen molar-refractivity contribution in [2.75, 3.05) is 20.6 Å². The van der Waals surface area contributed by atoms with E-state index in [9.17, 15) is 0 Å². The van der Waals surface area contributed by atoms with Crippen LogP contribution in [0.15, 0.2) is 22.8 Å². The summed E-state index contributed by atoms with van der Waals surface area (Å²) in [4.78, 5) is 0. The van der Waals surface area contributed by atoms with E-state index >= 15 is 0 Å². The van der Waals surface area contributed by atoms with Crippen molar-refractivity contribution < 1.29 is 8.90 Å². The molecule has 0 N–H and O–H groups in total. The van der Waals surface area contributed by atoms with Gasteiger partial charge in [0.25, 0.3) is 0 Å². The van der Waals surface area contributed by atoms with Crippen molar-refractivity contribution in [2.45, 2.75) is 26.3 Å². The molecule has 0 aromatic carbocycles. The van der Waals surface area contributed by atoms with Crippen LogP contribution in [0.25, 0.3) is 0 Å². The highest BCUT2D eigenvalue weighted by molar-refractivity contribution is 4.96. The van der Waals surface area contributed by atoms with Crippen LogP contribution in [0.4, 0.5) is 0 Å². The lowest BCUT2D eigenvalue weighted by molar-refractivity contribution is -0.904. The molecule has 0 fully saturated rings. The molecule has 0 amide bonds. The van der Waals surface area contributed by atoms with Crippen LogP contribution in [0.3, 0.4) is 0 Å². The predicted molar refractivity (Wildman–Crippen MR) is 54.3 cm³/mol. The lowest BCUT2D eigenvalue weighted by atomic mass is 10.3. The number of quaternary nitrogens is 1. The molecule has 0 saturated carbocycles. The van der Waals surface area contributed by atoms with E-state index in [1.807, 2.05) is 12.1 Å². The van der Waals surface area contributed by atoms with Gasteiger partial charge in [-0.2, -0.15) is 0 Å². The number of unbranched alkanes of at least 4 members (excludes halogenated alkanes) is 1. The van der Waals surface area contributed by atoms with Gasteiger partial charge in [-0.05, 0) is 18.6 Å². The second-order valence-corrected chi connectivity index (χ2v) is 4.25. The molecule has 1 aromatic heterocycles. The number of rotatable bonds is 5. The van der Waals surface area contributed by atoms with Gasteiger partial charge in [0.2, 0.25) is 0 Å². The summed E-state index contributed by atoms with van der Waals surface area (Å²) in [7, 11) is 4.50. The molecule has 1 rings (SSSR count).